The second-order valence-electron chi connectivity index (χ2n) is 7.42. The Morgan fingerprint density at radius 1 is 1.17 bits per heavy atom. The van der Waals surface area contributed by atoms with Crippen LogP contribution >= 0.6 is 11.8 Å². The van der Waals surface area contributed by atoms with E-state index >= 15 is 0 Å². The van der Waals surface area contributed by atoms with Crippen molar-refractivity contribution in [2.24, 2.45) is 0 Å². The molecule has 0 bridgehead atoms. The Hall–Kier alpha value is -3.07. The van der Waals surface area contributed by atoms with Crippen LogP contribution in [0.4, 0.5) is 4.79 Å². The van der Waals surface area contributed by atoms with E-state index in [-0.39, 0.29) is 17.9 Å². The maximum absolute atomic E-state index is 13.0. The van der Waals surface area contributed by atoms with Crippen LogP contribution in [0.2, 0.25) is 0 Å². The summed E-state index contributed by atoms with van der Waals surface area (Å²) in [4.78, 5) is 41.5. The number of aromatic nitrogens is 2. The number of amides is 3. The molecule has 0 aliphatic rings. The first kappa shape index (κ1) is 20.7. The van der Waals surface area contributed by atoms with Crippen LogP contribution in [0.15, 0.2) is 57.0 Å². The van der Waals surface area contributed by atoms with Gasteiger partial charge in [-0.1, -0.05) is 23.9 Å². The summed E-state index contributed by atoms with van der Waals surface area (Å²) in [5.41, 5.74) is -0.136. The highest BCUT2D eigenvalue weighted by atomic mass is 32.2. The highest BCUT2D eigenvalue weighted by molar-refractivity contribution is 7.99. The first-order valence-corrected chi connectivity index (χ1v) is 9.98. The molecule has 9 heteroatoms. The summed E-state index contributed by atoms with van der Waals surface area (Å²) >= 11 is 1.08. The van der Waals surface area contributed by atoms with Crippen LogP contribution in [0.3, 0.4) is 0 Å². The second-order valence-corrected chi connectivity index (χ2v) is 8.37. The zero-order valence-electron chi connectivity index (χ0n) is 16.4. The maximum Gasteiger partial charge on any atom is 0.321 e. The average Bonchev–Trinajstić information content (AvgIpc) is 3.14. The lowest BCUT2D eigenvalue weighted by molar-refractivity contribution is -0.117. The first-order chi connectivity index (χ1) is 13.7. The van der Waals surface area contributed by atoms with Gasteiger partial charge in [-0.15, -0.1) is 0 Å². The standard InChI is InChI=1S/C20H22N4O4S/c1-20(2,3)23-18(27)22-16(25)12-29-19-21-15-9-5-4-8-14(15)17(26)24(19)11-13-7-6-10-28-13/h4-10H,11-12H2,1-3H3,(H2,22,23,25,27). The number of nitrogens with zero attached hydrogens (tertiary/aromatic N) is 2. The Morgan fingerprint density at radius 2 is 1.93 bits per heavy atom. The third kappa shape index (κ3) is 5.47. The minimum absolute atomic E-state index is 0.0690. The van der Waals surface area contributed by atoms with Gasteiger partial charge in [0, 0.05) is 5.54 Å². The minimum atomic E-state index is -0.567. The number of imide groups is 1. The van der Waals surface area contributed by atoms with Crippen LogP contribution in [0.25, 0.3) is 10.9 Å². The Morgan fingerprint density at radius 3 is 2.62 bits per heavy atom. The molecule has 2 N–H and O–H groups in total. The van der Waals surface area contributed by atoms with Crippen molar-refractivity contribution in [3.05, 3.63) is 58.8 Å². The molecular weight excluding hydrogens is 392 g/mol. The van der Waals surface area contributed by atoms with E-state index in [1.54, 1.807) is 36.4 Å². The van der Waals surface area contributed by atoms with Crippen molar-refractivity contribution in [3.8, 4) is 0 Å². The van der Waals surface area contributed by atoms with Gasteiger partial charge in [-0.05, 0) is 45.0 Å². The topological polar surface area (TPSA) is 106 Å². The molecule has 8 nitrogen and oxygen atoms in total. The number of thioether (sulfide) groups is 1. The Kier molecular flexibility index (Phi) is 6.07. The molecule has 0 saturated heterocycles. The number of urea groups is 1. The van der Waals surface area contributed by atoms with Gasteiger partial charge in [0.15, 0.2) is 5.16 Å². The normalized spacial score (nSPS) is 11.4. The fraction of sp³-hybridized carbons (Fsp3) is 0.300. The van der Waals surface area contributed by atoms with Crippen LogP contribution in [0.5, 0.6) is 0 Å². The molecule has 0 aliphatic heterocycles. The second kappa shape index (κ2) is 8.52. The zero-order valence-corrected chi connectivity index (χ0v) is 17.2. The lowest BCUT2D eigenvalue weighted by Crippen LogP contribution is -2.48. The van der Waals surface area contributed by atoms with Gasteiger partial charge in [0.1, 0.15) is 5.76 Å². The molecule has 0 spiro atoms. The Balaban J connectivity index is 1.81. The van der Waals surface area contributed by atoms with Gasteiger partial charge in [0.25, 0.3) is 5.56 Å². The van der Waals surface area contributed by atoms with Crippen molar-refractivity contribution in [2.45, 2.75) is 38.0 Å². The largest absolute Gasteiger partial charge is 0.467 e. The number of hydrogen-bond donors (Lipinski definition) is 2. The molecule has 3 amide bonds. The highest BCUT2D eigenvalue weighted by Crippen LogP contribution is 2.19. The molecule has 2 aromatic heterocycles. The van der Waals surface area contributed by atoms with E-state index < -0.39 is 17.5 Å². The molecule has 0 saturated carbocycles. The summed E-state index contributed by atoms with van der Waals surface area (Å²) in [6.45, 7) is 5.65. The summed E-state index contributed by atoms with van der Waals surface area (Å²) in [7, 11) is 0. The number of hydrogen-bond acceptors (Lipinski definition) is 6. The first-order valence-electron chi connectivity index (χ1n) is 9.00. The number of benzene rings is 1. The summed E-state index contributed by atoms with van der Waals surface area (Å²) in [5.74, 6) is 0.0456. The highest BCUT2D eigenvalue weighted by Gasteiger charge is 2.18. The SMILES string of the molecule is CC(C)(C)NC(=O)NC(=O)CSc1nc2ccccc2c(=O)n1Cc1ccco1. The molecule has 0 aliphatic carbocycles. The maximum atomic E-state index is 13.0. The van der Waals surface area contributed by atoms with Crippen molar-refractivity contribution >= 4 is 34.6 Å². The lowest BCUT2D eigenvalue weighted by atomic mass is 10.1. The molecule has 0 unspecified atom stereocenters. The van der Waals surface area contributed by atoms with Gasteiger partial charge >= 0.3 is 6.03 Å². The minimum Gasteiger partial charge on any atom is -0.467 e. The van der Waals surface area contributed by atoms with E-state index in [4.69, 9.17) is 4.42 Å². The summed E-state index contributed by atoms with van der Waals surface area (Å²) in [5, 5.41) is 5.79. The third-order valence-corrected chi connectivity index (χ3v) is 4.77. The predicted molar refractivity (Wildman–Crippen MR) is 111 cm³/mol. The average molecular weight is 414 g/mol. The number of carbonyl (C=O) groups is 2. The van der Waals surface area contributed by atoms with Crippen molar-refractivity contribution in [1.82, 2.24) is 20.2 Å². The van der Waals surface area contributed by atoms with E-state index in [0.717, 1.165) is 11.8 Å². The van der Waals surface area contributed by atoms with E-state index in [1.807, 2.05) is 20.8 Å². The van der Waals surface area contributed by atoms with Gasteiger partial charge in [-0.3, -0.25) is 19.5 Å². The van der Waals surface area contributed by atoms with Gasteiger partial charge in [0.2, 0.25) is 5.91 Å². The van der Waals surface area contributed by atoms with Crippen LogP contribution in [-0.4, -0.2) is 32.8 Å². The number of rotatable bonds is 5. The molecule has 2 heterocycles. The van der Waals surface area contributed by atoms with Crippen LogP contribution in [-0.2, 0) is 11.3 Å². The molecule has 152 valence electrons. The quantitative estimate of drug-likeness (QED) is 0.491. The summed E-state index contributed by atoms with van der Waals surface area (Å²) < 4.78 is 6.82. The van der Waals surface area contributed by atoms with E-state index in [2.05, 4.69) is 15.6 Å². The molecule has 3 rings (SSSR count). The fourth-order valence-electron chi connectivity index (χ4n) is 2.62. The van der Waals surface area contributed by atoms with Crippen LogP contribution < -0.4 is 16.2 Å². The van der Waals surface area contributed by atoms with Gasteiger partial charge in [-0.25, -0.2) is 9.78 Å². The van der Waals surface area contributed by atoms with Gasteiger partial charge in [-0.2, -0.15) is 0 Å². The lowest BCUT2D eigenvalue weighted by Gasteiger charge is -2.20. The summed E-state index contributed by atoms with van der Waals surface area (Å²) in [6.07, 6.45) is 1.53. The summed E-state index contributed by atoms with van der Waals surface area (Å²) in [6, 6.07) is 9.96. The molecule has 0 atom stereocenters. The number of fused-ring (bicyclic) bond motifs is 1. The third-order valence-electron chi connectivity index (χ3n) is 3.79. The van der Waals surface area contributed by atoms with Crippen LogP contribution in [0.1, 0.15) is 26.5 Å². The van der Waals surface area contributed by atoms with Crippen molar-refractivity contribution in [3.63, 3.8) is 0 Å². The molecule has 3 aromatic rings. The molecule has 0 radical (unpaired) electrons. The zero-order chi connectivity index (χ0) is 21.0. The van der Waals surface area contributed by atoms with Crippen molar-refractivity contribution in [2.75, 3.05) is 5.75 Å². The van der Waals surface area contributed by atoms with E-state index in [1.165, 1.54) is 10.8 Å². The number of nitrogens with one attached hydrogen (secondary N) is 2. The smallest absolute Gasteiger partial charge is 0.321 e. The molecule has 29 heavy (non-hydrogen) atoms. The van der Waals surface area contributed by atoms with E-state index in [9.17, 15) is 14.4 Å². The number of para-hydroxylation sites is 1. The van der Waals surface area contributed by atoms with Crippen LogP contribution in [0, 0.1) is 0 Å². The molecule has 0 fully saturated rings. The van der Waals surface area contributed by atoms with Crippen molar-refractivity contribution in [1.29, 1.82) is 0 Å². The van der Waals surface area contributed by atoms with E-state index in [0.29, 0.717) is 21.8 Å². The Labute approximate surface area is 171 Å². The predicted octanol–water partition coefficient (Wildman–Crippen LogP) is 2.75. The molecular formula is C20H22N4O4S. The molecule has 1 aromatic carbocycles. The fourth-order valence-corrected chi connectivity index (χ4v) is 3.42. The monoisotopic (exact) mass is 414 g/mol. The van der Waals surface area contributed by atoms with Gasteiger partial charge in [0.05, 0.1) is 29.5 Å². The van der Waals surface area contributed by atoms with Crippen molar-refractivity contribution < 1.29 is 14.0 Å². The Bertz CT molecular complexity index is 1080. The van der Waals surface area contributed by atoms with Gasteiger partial charge < -0.3 is 9.73 Å². The number of carbonyl (C=O) groups excluding carboxylic acids is 2. The number of furan rings is 1.